The molecule has 2 aromatic carbocycles. The van der Waals surface area contributed by atoms with Gasteiger partial charge in [0.2, 0.25) is 5.91 Å². The van der Waals surface area contributed by atoms with Crippen LogP contribution in [0.25, 0.3) is 11.0 Å². The SMILES string of the molecule is CN(Cc1ccc2nonc2c1)C(=O)Cc1cccc(OCCN)c1. The van der Waals surface area contributed by atoms with Gasteiger partial charge in [0, 0.05) is 20.1 Å². The third-order valence-corrected chi connectivity index (χ3v) is 3.80. The minimum absolute atomic E-state index is 0.0225. The van der Waals surface area contributed by atoms with E-state index in [9.17, 15) is 4.79 Å². The summed E-state index contributed by atoms with van der Waals surface area (Å²) in [7, 11) is 1.78. The van der Waals surface area contributed by atoms with Crippen LogP contribution in [0, 0.1) is 0 Å². The Bertz CT molecular complexity index is 862. The Morgan fingerprint density at radius 3 is 2.84 bits per heavy atom. The average molecular weight is 340 g/mol. The molecule has 3 aromatic rings. The van der Waals surface area contributed by atoms with Gasteiger partial charge in [0.1, 0.15) is 23.4 Å². The first-order chi connectivity index (χ1) is 12.2. The summed E-state index contributed by atoms with van der Waals surface area (Å²) in [4.78, 5) is 14.2. The van der Waals surface area contributed by atoms with Crippen molar-refractivity contribution in [3.05, 3.63) is 53.6 Å². The molecule has 0 aliphatic rings. The first kappa shape index (κ1) is 16.9. The number of carbonyl (C=O) groups excluding carboxylic acids is 1. The number of likely N-dealkylation sites (N-methyl/N-ethyl adjacent to an activating group) is 1. The van der Waals surface area contributed by atoms with Gasteiger partial charge < -0.3 is 15.4 Å². The van der Waals surface area contributed by atoms with Gasteiger partial charge in [0.15, 0.2) is 0 Å². The number of carbonyl (C=O) groups is 1. The van der Waals surface area contributed by atoms with E-state index in [1.807, 2.05) is 42.5 Å². The van der Waals surface area contributed by atoms with Crippen LogP contribution in [0.15, 0.2) is 47.1 Å². The van der Waals surface area contributed by atoms with Crippen molar-refractivity contribution in [2.45, 2.75) is 13.0 Å². The van der Waals surface area contributed by atoms with Crippen molar-refractivity contribution in [2.24, 2.45) is 5.73 Å². The van der Waals surface area contributed by atoms with Crippen LogP contribution in [-0.2, 0) is 17.8 Å². The maximum absolute atomic E-state index is 12.5. The molecular weight excluding hydrogens is 320 g/mol. The molecule has 0 aliphatic heterocycles. The molecule has 1 aromatic heterocycles. The maximum atomic E-state index is 12.5. The van der Waals surface area contributed by atoms with E-state index in [-0.39, 0.29) is 5.91 Å². The highest BCUT2D eigenvalue weighted by Gasteiger charge is 2.12. The molecule has 25 heavy (non-hydrogen) atoms. The Kier molecular flexibility index (Phi) is 5.25. The normalized spacial score (nSPS) is 10.8. The van der Waals surface area contributed by atoms with Gasteiger partial charge in [-0.2, -0.15) is 0 Å². The molecule has 3 rings (SSSR count). The zero-order chi connectivity index (χ0) is 17.6. The number of hydrogen-bond acceptors (Lipinski definition) is 6. The molecule has 130 valence electrons. The first-order valence-electron chi connectivity index (χ1n) is 8.02. The molecule has 7 nitrogen and oxygen atoms in total. The number of nitrogens with two attached hydrogens (primary N) is 1. The zero-order valence-electron chi connectivity index (χ0n) is 14.0. The average Bonchev–Trinajstić information content (AvgIpc) is 3.08. The van der Waals surface area contributed by atoms with Crippen molar-refractivity contribution < 1.29 is 14.2 Å². The third kappa shape index (κ3) is 4.33. The number of ether oxygens (including phenoxy) is 1. The molecule has 0 saturated carbocycles. The Morgan fingerprint density at radius 1 is 1.16 bits per heavy atom. The number of benzene rings is 2. The molecule has 0 fully saturated rings. The first-order valence-corrected chi connectivity index (χ1v) is 8.02. The van der Waals surface area contributed by atoms with Crippen LogP contribution in [-0.4, -0.2) is 41.3 Å². The van der Waals surface area contributed by atoms with E-state index >= 15 is 0 Å². The lowest BCUT2D eigenvalue weighted by molar-refractivity contribution is -0.129. The molecule has 7 heteroatoms. The van der Waals surface area contributed by atoms with Crippen molar-refractivity contribution in [1.82, 2.24) is 15.2 Å². The monoisotopic (exact) mass is 340 g/mol. The molecule has 1 heterocycles. The van der Waals surface area contributed by atoms with E-state index in [2.05, 4.69) is 10.3 Å². The van der Waals surface area contributed by atoms with Crippen LogP contribution in [0.4, 0.5) is 0 Å². The Morgan fingerprint density at radius 2 is 2.00 bits per heavy atom. The molecule has 0 unspecified atom stereocenters. The largest absolute Gasteiger partial charge is 0.492 e. The highest BCUT2D eigenvalue weighted by Crippen LogP contribution is 2.16. The highest BCUT2D eigenvalue weighted by molar-refractivity contribution is 5.79. The van der Waals surface area contributed by atoms with Crippen LogP contribution >= 0.6 is 0 Å². The quantitative estimate of drug-likeness (QED) is 0.704. The second kappa shape index (κ2) is 7.76. The van der Waals surface area contributed by atoms with Gasteiger partial charge in [-0.05, 0) is 45.7 Å². The smallest absolute Gasteiger partial charge is 0.227 e. The lowest BCUT2D eigenvalue weighted by Crippen LogP contribution is -2.27. The van der Waals surface area contributed by atoms with Crippen molar-refractivity contribution in [3.63, 3.8) is 0 Å². The predicted molar refractivity (Wildman–Crippen MR) is 93.0 cm³/mol. The van der Waals surface area contributed by atoms with Crippen molar-refractivity contribution in [1.29, 1.82) is 0 Å². The molecule has 0 aliphatic carbocycles. The molecule has 0 bridgehead atoms. The predicted octanol–water partition coefficient (Wildman–Crippen LogP) is 1.76. The summed E-state index contributed by atoms with van der Waals surface area (Å²) >= 11 is 0. The van der Waals surface area contributed by atoms with Crippen LogP contribution in [0.5, 0.6) is 5.75 Å². The lowest BCUT2D eigenvalue weighted by atomic mass is 10.1. The lowest BCUT2D eigenvalue weighted by Gasteiger charge is -2.17. The van der Waals surface area contributed by atoms with Gasteiger partial charge in [0.05, 0.1) is 6.42 Å². The van der Waals surface area contributed by atoms with Gasteiger partial charge in [-0.25, -0.2) is 4.63 Å². The van der Waals surface area contributed by atoms with E-state index in [0.29, 0.717) is 37.2 Å². The van der Waals surface area contributed by atoms with Gasteiger partial charge in [-0.15, -0.1) is 0 Å². The van der Waals surface area contributed by atoms with Gasteiger partial charge in [0.25, 0.3) is 0 Å². The van der Waals surface area contributed by atoms with Gasteiger partial charge >= 0.3 is 0 Å². The summed E-state index contributed by atoms with van der Waals surface area (Å²) in [5.41, 5.74) is 8.70. The van der Waals surface area contributed by atoms with Crippen LogP contribution < -0.4 is 10.5 Å². The Labute approximate surface area is 145 Å². The van der Waals surface area contributed by atoms with E-state index in [4.69, 9.17) is 15.1 Å². The second-order valence-electron chi connectivity index (χ2n) is 5.80. The molecule has 1 amide bonds. The fraction of sp³-hybridized carbons (Fsp3) is 0.278. The molecule has 0 saturated heterocycles. The summed E-state index contributed by atoms with van der Waals surface area (Å²) in [6, 6.07) is 13.1. The summed E-state index contributed by atoms with van der Waals surface area (Å²) in [5.74, 6) is 0.747. The fourth-order valence-corrected chi connectivity index (χ4v) is 2.52. The molecule has 0 atom stereocenters. The maximum Gasteiger partial charge on any atom is 0.227 e. The van der Waals surface area contributed by atoms with Gasteiger partial charge in [-0.1, -0.05) is 18.2 Å². The number of hydrogen-bond donors (Lipinski definition) is 1. The number of amides is 1. The molecular formula is C18H20N4O3. The van der Waals surface area contributed by atoms with E-state index in [1.165, 1.54) is 0 Å². The molecule has 0 radical (unpaired) electrons. The third-order valence-electron chi connectivity index (χ3n) is 3.80. The number of fused-ring (bicyclic) bond motifs is 1. The van der Waals surface area contributed by atoms with Gasteiger partial charge in [-0.3, -0.25) is 4.79 Å². The van der Waals surface area contributed by atoms with E-state index in [0.717, 1.165) is 16.9 Å². The van der Waals surface area contributed by atoms with Crippen molar-refractivity contribution in [3.8, 4) is 5.75 Å². The van der Waals surface area contributed by atoms with Crippen molar-refractivity contribution in [2.75, 3.05) is 20.2 Å². The summed E-state index contributed by atoms with van der Waals surface area (Å²) in [6.07, 6.45) is 0.310. The van der Waals surface area contributed by atoms with Crippen LogP contribution in [0.3, 0.4) is 0 Å². The summed E-state index contributed by atoms with van der Waals surface area (Å²) in [6.45, 7) is 1.40. The van der Waals surface area contributed by atoms with Crippen LogP contribution in [0.1, 0.15) is 11.1 Å². The standard InChI is InChI=1S/C18H20N4O3/c1-22(12-14-5-6-16-17(10-14)21-25-20-16)18(23)11-13-3-2-4-15(9-13)24-8-7-19/h2-6,9-10H,7-8,11-12,19H2,1H3. The number of aromatic nitrogens is 2. The second-order valence-corrected chi connectivity index (χ2v) is 5.80. The van der Waals surface area contributed by atoms with Crippen molar-refractivity contribution >= 4 is 16.9 Å². The molecule has 0 spiro atoms. The minimum atomic E-state index is 0.0225. The number of rotatable bonds is 7. The minimum Gasteiger partial charge on any atom is -0.492 e. The summed E-state index contributed by atoms with van der Waals surface area (Å²) in [5, 5.41) is 7.59. The summed E-state index contributed by atoms with van der Waals surface area (Å²) < 4.78 is 10.2. The molecule has 2 N–H and O–H groups in total. The topological polar surface area (TPSA) is 94.5 Å². The van der Waals surface area contributed by atoms with E-state index in [1.54, 1.807) is 11.9 Å². The number of nitrogens with zero attached hydrogens (tertiary/aromatic N) is 3. The van der Waals surface area contributed by atoms with E-state index < -0.39 is 0 Å². The Hall–Kier alpha value is -2.93. The zero-order valence-corrected chi connectivity index (χ0v) is 14.0. The Balaban J connectivity index is 1.62. The fourth-order valence-electron chi connectivity index (χ4n) is 2.52. The van der Waals surface area contributed by atoms with Crippen LogP contribution in [0.2, 0.25) is 0 Å². The highest BCUT2D eigenvalue weighted by atomic mass is 16.6.